The molecule has 0 aliphatic carbocycles. The van der Waals surface area contributed by atoms with Crippen LogP contribution in [0, 0.1) is 11.8 Å². The number of carboxylic acid groups (broad SMARTS) is 1. The number of hydrogen-bond acceptors (Lipinski definition) is 2. The van der Waals surface area contributed by atoms with Crippen LogP contribution in [0.1, 0.15) is 27.2 Å². The fraction of sp³-hybridized carbons (Fsp3) is 0.818. The van der Waals surface area contributed by atoms with Crippen LogP contribution in [-0.4, -0.2) is 41.1 Å². The van der Waals surface area contributed by atoms with Crippen LogP contribution in [-0.2, 0) is 4.79 Å². The summed E-state index contributed by atoms with van der Waals surface area (Å²) in [7, 11) is 0. The van der Waals surface area contributed by atoms with E-state index < -0.39 is 11.9 Å². The van der Waals surface area contributed by atoms with Crippen molar-refractivity contribution >= 4 is 12.0 Å². The summed E-state index contributed by atoms with van der Waals surface area (Å²) >= 11 is 0. The normalized spacial score (nSPS) is 26.6. The number of nitrogens with zero attached hydrogens (tertiary/aromatic N) is 1. The molecule has 92 valence electrons. The molecule has 0 aromatic heterocycles. The van der Waals surface area contributed by atoms with Crippen LogP contribution in [0.15, 0.2) is 0 Å². The monoisotopic (exact) mass is 228 g/mol. The molecule has 1 heterocycles. The zero-order chi connectivity index (χ0) is 12.3. The molecule has 0 radical (unpaired) electrons. The fourth-order valence-electron chi connectivity index (χ4n) is 1.86. The summed E-state index contributed by atoms with van der Waals surface area (Å²) in [5.74, 6) is -1.21. The zero-order valence-electron chi connectivity index (χ0n) is 10.1. The maximum atomic E-state index is 11.8. The van der Waals surface area contributed by atoms with Crippen molar-refractivity contribution < 1.29 is 14.7 Å². The highest BCUT2D eigenvalue weighted by Gasteiger charge is 2.36. The third kappa shape index (κ3) is 2.87. The Hall–Kier alpha value is -1.26. The molecular weight excluding hydrogens is 208 g/mol. The Morgan fingerprint density at radius 3 is 2.56 bits per heavy atom. The molecule has 1 aliphatic heterocycles. The van der Waals surface area contributed by atoms with Gasteiger partial charge in [-0.15, -0.1) is 0 Å². The minimum Gasteiger partial charge on any atom is -0.481 e. The van der Waals surface area contributed by atoms with Crippen molar-refractivity contribution in [1.82, 2.24) is 10.2 Å². The molecule has 1 saturated heterocycles. The number of hydrogen-bond donors (Lipinski definition) is 2. The molecule has 1 rings (SSSR count). The Balaban J connectivity index is 2.51. The van der Waals surface area contributed by atoms with Gasteiger partial charge in [0.2, 0.25) is 0 Å². The summed E-state index contributed by atoms with van der Waals surface area (Å²) in [6.45, 7) is 6.65. The third-order valence-corrected chi connectivity index (χ3v) is 3.20. The number of carboxylic acids is 1. The van der Waals surface area contributed by atoms with Gasteiger partial charge in [0.05, 0.1) is 5.92 Å². The lowest BCUT2D eigenvalue weighted by Crippen LogP contribution is -2.42. The second-order valence-electron chi connectivity index (χ2n) is 4.59. The number of amides is 2. The number of carbonyl (C=O) groups excluding carboxylic acids is 1. The molecule has 1 unspecified atom stereocenters. The first-order chi connectivity index (χ1) is 7.45. The Bertz CT molecular complexity index is 280. The van der Waals surface area contributed by atoms with E-state index in [0.29, 0.717) is 13.1 Å². The van der Waals surface area contributed by atoms with E-state index in [4.69, 9.17) is 5.11 Å². The van der Waals surface area contributed by atoms with Crippen molar-refractivity contribution in [3.8, 4) is 0 Å². The molecule has 1 fully saturated rings. The topological polar surface area (TPSA) is 69.6 Å². The second-order valence-corrected chi connectivity index (χ2v) is 4.59. The highest BCUT2D eigenvalue weighted by Crippen LogP contribution is 2.23. The highest BCUT2D eigenvalue weighted by atomic mass is 16.4. The van der Waals surface area contributed by atoms with Crippen LogP contribution in [0.3, 0.4) is 0 Å². The van der Waals surface area contributed by atoms with E-state index >= 15 is 0 Å². The standard InChI is InChI=1S/C11H20N2O3/c1-4-8(3)12-11(16)13-5-7(2)9(6-13)10(14)15/h7-9H,4-6H2,1-3H3,(H,12,16)(H,14,15)/t7-,8?,9-/m1/s1. The molecule has 0 aromatic rings. The minimum atomic E-state index is -0.814. The zero-order valence-corrected chi connectivity index (χ0v) is 10.1. The van der Waals surface area contributed by atoms with Gasteiger partial charge in [0.1, 0.15) is 0 Å². The average Bonchev–Trinajstić information content (AvgIpc) is 2.60. The number of likely N-dealkylation sites (tertiary alicyclic amines) is 1. The number of rotatable bonds is 3. The van der Waals surface area contributed by atoms with Crippen LogP contribution in [0.4, 0.5) is 4.79 Å². The van der Waals surface area contributed by atoms with Gasteiger partial charge in [-0.25, -0.2) is 4.79 Å². The van der Waals surface area contributed by atoms with Crippen molar-refractivity contribution in [2.45, 2.75) is 33.2 Å². The predicted molar refractivity (Wildman–Crippen MR) is 60.1 cm³/mol. The first-order valence-electron chi connectivity index (χ1n) is 5.74. The summed E-state index contributed by atoms with van der Waals surface area (Å²) < 4.78 is 0. The molecular formula is C11H20N2O3. The van der Waals surface area contributed by atoms with E-state index in [-0.39, 0.29) is 18.0 Å². The van der Waals surface area contributed by atoms with E-state index in [9.17, 15) is 9.59 Å². The van der Waals surface area contributed by atoms with Crippen LogP contribution >= 0.6 is 0 Å². The van der Waals surface area contributed by atoms with Crippen LogP contribution in [0.2, 0.25) is 0 Å². The fourth-order valence-corrected chi connectivity index (χ4v) is 1.86. The number of carbonyl (C=O) groups is 2. The van der Waals surface area contributed by atoms with Gasteiger partial charge in [-0.3, -0.25) is 4.79 Å². The lowest BCUT2D eigenvalue weighted by Gasteiger charge is -2.19. The maximum absolute atomic E-state index is 11.8. The number of aliphatic carboxylic acids is 1. The van der Waals surface area contributed by atoms with E-state index in [1.165, 1.54) is 0 Å². The summed E-state index contributed by atoms with van der Waals surface area (Å²) in [6, 6.07) is -0.0170. The lowest BCUT2D eigenvalue weighted by atomic mass is 9.99. The quantitative estimate of drug-likeness (QED) is 0.761. The van der Waals surface area contributed by atoms with Crippen molar-refractivity contribution in [2.24, 2.45) is 11.8 Å². The Morgan fingerprint density at radius 1 is 1.50 bits per heavy atom. The van der Waals surface area contributed by atoms with Crippen LogP contribution in [0.25, 0.3) is 0 Å². The van der Waals surface area contributed by atoms with Gasteiger partial charge in [0.25, 0.3) is 0 Å². The van der Waals surface area contributed by atoms with Gasteiger partial charge in [-0.05, 0) is 19.3 Å². The largest absolute Gasteiger partial charge is 0.481 e. The molecule has 0 bridgehead atoms. The molecule has 2 N–H and O–H groups in total. The first-order valence-corrected chi connectivity index (χ1v) is 5.74. The van der Waals surface area contributed by atoms with Crippen molar-refractivity contribution in [3.05, 3.63) is 0 Å². The van der Waals surface area contributed by atoms with E-state index in [2.05, 4.69) is 5.32 Å². The Labute approximate surface area is 95.8 Å². The van der Waals surface area contributed by atoms with Crippen molar-refractivity contribution in [3.63, 3.8) is 0 Å². The van der Waals surface area contributed by atoms with Gasteiger partial charge in [0.15, 0.2) is 0 Å². The summed E-state index contributed by atoms with van der Waals surface area (Å²) in [4.78, 5) is 24.2. The SMILES string of the molecule is CCC(C)NC(=O)N1C[C@@H](C)[C@H](C(=O)O)C1. The minimum absolute atomic E-state index is 0.0279. The van der Waals surface area contributed by atoms with Crippen LogP contribution in [0.5, 0.6) is 0 Å². The summed E-state index contributed by atoms with van der Waals surface area (Å²) in [6.07, 6.45) is 0.873. The Kier molecular flexibility index (Phi) is 4.15. The molecule has 2 amide bonds. The number of nitrogens with one attached hydrogen (secondary N) is 1. The number of urea groups is 1. The highest BCUT2D eigenvalue weighted by molar-refractivity contribution is 5.77. The maximum Gasteiger partial charge on any atom is 0.317 e. The van der Waals surface area contributed by atoms with Gasteiger partial charge >= 0.3 is 12.0 Å². The predicted octanol–water partition coefficient (Wildman–Crippen LogP) is 1.15. The molecule has 1 aliphatic rings. The Morgan fingerprint density at radius 2 is 2.12 bits per heavy atom. The molecule has 0 aromatic carbocycles. The summed E-state index contributed by atoms with van der Waals surface area (Å²) in [5, 5.41) is 11.8. The van der Waals surface area contributed by atoms with Gasteiger partial charge in [-0.1, -0.05) is 13.8 Å². The molecule has 16 heavy (non-hydrogen) atoms. The van der Waals surface area contributed by atoms with Crippen molar-refractivity contribution in [2.75, 3.05) is 13.1 Å². The smallest absolute Gasteiger partial charge is 0.317 e. The molecule has 3 atom stereocenters. The molecule has 0 spiro atoms. The average molecular weight is 228 g/mol. The first kappa shape index (κ1) is 12.8. The van der Waals surface area contributed by atoms with Gasteiger partial charge in [-0.2, -0.15) is 0 Å². The lowest BCUT2D eigenvalue weighted by molar-refractivity contribution is -0.142. The third-order valence-electron chi connectivity index (χ3n) is 3.20. The molecule has 0 saturated carbocycles. The second kappa shape index (κ2) is 5.18. The van der Waals surface area contributed by atoms with Crippen molar-refractivity contribution in [1.29, 1.82) is 0 Å². The van der Waals surface area contributed by atoms with Crippen LogP contribution < -0.4 is 5.32 Å². The summed E-state index contributed by atoms with van der Waals surface area (Å²) in [5.41, 5.74) is 0. The van der Waals surface area contributed by atoms with Gasteiger partial charge < -0.3 is 15.3 Å². The van der Waals surface area contributed by atoms with E-state index in [1.54, 1.807) is 4.90 Å². The molecule has 5 heteroatoms. The van der Waals surface area contributed by atoms with Gasteiger partial charge in [0, 0.05) is 19.1 Å². The van der Waals surface area contributed by atoms with E-state index in [0.717, 1.165) is 6.42 Å². The van der Waals surface area contributed by atoms with E-state index in [1.807, 2.05) is 20.8 Å². The molecule has 5 nitrogen and oxygen atoms in total.